The van der Waals surface area contributed by atoms with Crippen molar-refractivity contribution in [1.29, 1.82) is 0 Å². The first-order valence-corrected chi connectivity index (χ1v) is 9.34. The van der Waals surface area contributed by atoms with Crippen molar-refractivity contribution >= 4 is 11.5 Å². The summed E-state index contributed by atoms with van der Waals surface area (Å²) in [6.07, 6.45) is 4.65. The number of benzene rings is 2. The van der Waals surface area contributed by atoms with E-state index in [-0.39, 0.29) is 12.4 Å². The van der Waals surface area contributed by atoms with Crippen molar-refractivity contribution in [3.8, 4) is 5.75 Å². The van der Waals surface area contributed by atoms with Gasteiger partial charge in [0.05, 0.1) is 13.5 Å². The Labute approximate surface area is 161 Å². The van der Waals surface area contributed by atoms with Crippen LogP contribution in [0.15, 0.2) is 48.5 Å². The van der Waals surface area contributed by atoms with Crippen LogP contribution in [0.5, 0.6) is 5.75 Å². The number of ether oxygens (including phenoxy) is 2. The lowest BCUT2D eigenvalue weighted by Crippen LogP contribution is -2.12. The van der Waals surface area contributed by atoms with Crippen LogP contribution in [-0.2, 0) is 22.6 Å². The molecule has 0 unspecified atom stereocenters. The van der Waals surface area contributed by atoms with E-state index >= 15 is 0 Å². The molecular weight excluding hydrogens is 338 g/mol. The summed E-state index contributed by atoms with van der Waals surface area (Å²) in [7, 11) is 5.61. The molecule has 0 amide bonds. The van der Waals surface area contributed by atoms with E-state index < -0.39 is 0 Å². The molecule has 3 rings (SSSR count). The van der Waals surface area contributed by atoms with Crippen molar-refractivity contribution in [3.05, 3.63) is 70.8 Å². The Morgan fingerprint density at radius 1 is 1.19 bits per heavy atom. The number of esters is 1. The monoisotopic (exact) mass is 365 g/mol. The lowest BCUT2D eigenvalue weighted by Gasteiger charge is -2.13. The standard InChI is InChI=1S/C23H27NO3/c1-24(2)13-7-6-10-20-19-9-5-4-8-18(19)16-27-22-12-11-17(14-21(20)22)15-23(25)26-3/h4-5,8-12,14H,6-7,13,15-16H2,1-3H3/b20-10-. The van der Waals surface area contributed by atoms with Crippen LogP contribution in [0.4, 0.5) is 0 Å². The first-order valence-electron chi connectivity index (χ1n) is 9.34. The van der Waals surface area contributed by atoms with Gasteiger partial charge in [0.1, 0.15) is 12.4 Å². The molecule has 0 aromatic heterocycles. The number of fused-ring (bicyclic) bond motifs is 2. The SMILES string of the molecule is COC(=O)Cc1ccc2c(c1)/C(=C\CCCN(C)C)c1ccccc1CO2. The fraction of sp³-hybridized carbons (Fsp3) is 0.348. The minimum Gasteiger partial charge on any atom is -0.488 e. The van der Waals surface area contributed by atoms with E-state index in [1.54, 1.807) is 0 Å². The Kier molecular flexibility index (Phi) is 6.30. The van der Waals surface area contributed by atoms with Gasteiger partial charge in [-0.25, -0.2) is 0 Å². The lowest BCUT2D eigenvalue weighted by molar-refractivity contribution is -0.139. The van der Waals surface area contributed by atoms with Crippen LogP contribution in [0, 0.1) is 0 Å². The van der Waals surface area contributed by atoms with Gasteiger partial charge in [-0.15, -0.1) is 0 Å². The van der Waals surface area contributed by atoms with Gasteiger partial charge < -0.3 is 14.4 Å². The number of allylic oxidation sites excluding steroid dienone is 1. The zero-order chi connectivity index (χ0) is 19.2. The van der Waals surface area contributed by atoms with Crippen LogP contribution in [0.25, 0.3) is 5.57 Å². The average molecular weight is 365 g/mol. The van der Waals surface area contributed by atoms with E-state index in [9.17, 15) is 4.79 Å². The molecule has 27 heavy (non-hydrogen) atoms. The topological polar surface area (TPSA) is 38.8 Å². The number of nitrogens with zero attached hydrogens (tertiary/aromatic N) is 1. The highest BCUT2D eigenvalue weighted by molar-refractivity contribution is 5.85. The first kappa shape index (κ1) is 19.2. The van der Waals surface area contributed by atoms with Crippen LogP contribution in [0.2, 0.25) is 0 Å². The number of methoxy groups -OCH3 is 1. The number of carbonyl (C=O) groups excluding carboxylic acids is 1. The van der Waals surface area contributed by atoms with Gasteiger partial charge in [0.15, 0.2) is 0 Å². The molecule has 0 spiro atoms. The molecule has 0 N–H and O–H groups in total. The molecule has 0 saturated heterocycles. The molecular formula is C23H27NO3. The van der Waals surface area contributed by atoms with Crippen LogP contribution in [-0.4, -0.2) is 38.6 Å². The van der Waals surface area contributed by atoms with Gasteiger partial charge >= 0.3 is 5.97 Å². The number of hydrogen-bond acceptors (Lipinski definition) is 4. The molecule has 0 fully saturated rings. The molecule has 0 atom stereocenters. The Hall–Kier alpha value is -2.59. The highest BCUT2D eigenvalue weighted by Gasteiger charge is 2.19. The second kappa shape index (κ2) is 8.87. The highest BCUT2D eigenvalue weighted by Crippen LogP contribution is 2.37. The van der Waals surface area contributed by atoms with Crippen molar-refractivity contribution in [1.82, 2.24) is 4.90 Å². The number of unbranched alkanes of at least 4 members (excludes halogenated alkanes) is 1. The molecule has 142 valence electrons. The molecule has 4 nitrogen and oxygen atoms in total. The van der Waals surface area contributed by atoms with E-state index in [1.165, 1.54) is 23.8 Å². The third kappa shape index (κ3) is 4.77. The van der Waals surface area contributed by atoms with E-state index in [0.29, 0.717) is 6.61 Å². The molecule has 1 aliphatic rings. The number of carbonyl (C=O) groups is 1. The molecule has 0 aliphatic carbocycles. The summed E-state index contributed by atoms with van der Waals surface area (Å²) in [4.78, 5) is 13.9. The third-order valence-electron chi connectivity index (χ3n) is 4.76. The van der Waals surface area contributed by atoms with E-state index in [4.69, 9.17) is 9.47 Å². The van der Waals surface area contributed by atoms with Crippen LogP contribution < -0.4 is 4.74 Å². The zero-order valence-electron chi connectivity index (χ0n) is 16.3. The second-order valence-corrected chi connectivity index (χ2v) is 7.09. The predicted octanol–water partition coefficient (Wildman–Crippen LogP) is 4.07. The normalized spacial score (nSPS) is 14.3. The van der Waals surface area contributed by atoms with Gasteiger partial charge in [-0.1, -0.05) is 36.4 Å². The number of hydrogen-bond donors (Lipinski definition) is 0. The van der Waals surface area contributed by atoms with E-state index in [1.807, 2.05) is 18.2 Å². The molecule has 0 bridgehead atoms. The van der Waals surface area contributed by atoms with Gasteiger partial charge in [-0.05, 0) is 67.9 Å². The van der Waals surface area contributed by atoms with Gasteiger partial charge in [-0.3, -0.25) is 4.79 Å². The Balaban J connectivity index is 1.99. The zero-order valence-corrected chi connectivity index (χ0v) is 16.3. The summed E-state index contributed by atoms with van der Waals surface area (Å²) in [5.41, 5.74) is 5.55. The second-order valence-electron chi connectivity index (χ2n) is 7.09. The maximum absolute atomic E-state index is 11.7. The smallest absolute Gasteiger partial charge is 0.309 e. The van der Waals surface area contributed by atoms with Crippen molar-refractivity contribution < 1.29 is 14.3 Å². The predicted molar refractivity (Wildman–Crippen MR) is 108 cm³/mol. The van der Waals surface area contributed by atoms with E-state index in [0.717, 1.165) is 36.3 Å². The Bertz CT molecular complexity index is 839. The molecule has 1 aliphatic heterocycles. The Morgan fingerprint density at radius 2 is 2.00 bits per heavy atom. The molecule has 2 aromatic rings. The maximum atomic E-state index is 11.7. The van der Waals surface area contributed by atoms with Crippen LogP contribution in [0.3, 0.4) is 0 Å². The van der Waals surface area contributed by atoms with Crippen LogP contribution >= 0.6 is 0 Å². The first-order chi connectivity index (χ1) is 13.1. The molecule has 4 heteroatoms. The van der Waals surface area contributed by atoms with Gasteiger partial charge in [0.25, 0.3) is 0 Å². The molecule has 1 heterocycles. The van der Waals surface area contributed by atoms with Gasteiger partial charge in [0.2, 0.25) is 0 Å². The summed E-state index contributed by atoms with van der Waals surface area (Å²) in [6, 6.07) is 14.3. The van der Waals surface area contributed by atoms with Gasteiger partial charge in [-0.2, -0.15) is 0 Å². The van der Waals surface area contributed by atoms with Crippen molar-refractivity contribution in [2.75, 3.05) is 27.7 Å². The van der Waals surface area contributed by atoms with E-state index in [2.05, 4.69) is 49.3 Å². The molecule has 0 saturated carbocycles. The van der Waals surface area contributed by atoms with Crippen molar-refractivity contribution in [2.45, 2.75) is 25.9 Å². The molecule has 0 radical (unpaired) electrons. The quantitative estimate of drug-likeness (QED) is 0.571. The summed E-state index contributed by atoms with van der Waals surface area (Å²) >= 11 is 0. The summed E-state index contributed by atoms with van der Waals surface area (Å²) < 4.78 is 10.9. The summed E-state index contributed by atoms with van der Waals surface area (Å²) in [5.74, 6) is 0.625. The fourth-order valence-electron chi connectivity index (χ4n) is 3.35. The molecule has 2 aromatic carbocycles. The Morgan fingerprint density at radius 3 is 2.78 bits per heavy atom. The fourth-order valence-corrected chi connectivity index (χ4v) is 3.35. The number of rotatable bonds is 6. The highest BCUT2D eigenvalue weighted by atomic mass is 16.5. The average Bonchev–Trinajstić information content (AvgIpc) is 2.82. The van der Waals surface area contributed by atoms with Crippen molar-refractivity contribution in [2.24, 2.45) is 0 Å². The summed E-state index contributed by atoms with van der Waals surface area (Å²) in [5, 5.41) is 0. The van der Waals surface area contributed by atoms with Gasteiger partial charge in [0, 0.05) is 5.56 Å². The lowest BCUT2D eigenvalue weighted by atomic mass is 9.92. The summed E-state index contributed by atoms with van der Waals surface area (Å²) in [6.45, 7) is 1.60. The van der Waals surface area contributed by atoms with Crippen molar-refractivity contribution in [3.63, 3.8) is 0 Å². The largest absolute Gasteiger partial charge is 0.488 e. The minimum atomic E-state index is -0.235. The van der Waals surface area contributed by atoms with Crippen LogP contribution in [0.1, 0.15) is 35.1 Å². The minimum absolute atomic E-state index is 0.235. The maximum Gasteiger partial charge on any atom is 0.309 e. The third-order valence-corrected chi connectivity index (χ3v) is 4.76.